The molecule has 1 N–H and O–H groups in total. The zero-order chi connectivity index (χ0) is 13.8. The summed E-state index contributed by atoms with van der Waals surface area (Å²) in [5.41, 5.74) is 1.19. The quantitative estimate of drug-likeness (QED) is 0.901. The van der Waals surface area contributed by atoms with Crippen LogP contribution in [-0.2, 0) is 11.3 Å². The second kappa shape index (κ2) is 5.83. The fourth-order valence-electron chi connectivity index (χ4n) is 3.22. The van der Waals surface area contributed by atoms with Gasteiger partial charge in [0.05, 0.1) is 0 Å². The summed E-state index contributed by atoms with van der Waals surface area (Å²) >= 11 is 0. The Labute approximate surface area is 120 Å². The predicted molar refractivity (Wildman–Crippen MR) is 77.4 cm³/mol. The SMILES string of the molecule is O=C(OCc1ccccc1)N1CCC2(CCCCN2)C1. The average molecular weight is 274 g/mol. The number of amides is 1. The van der Waals surface area contributed by atoms with Crippen molar-refractivity contribution in [3.8, 4) is 0 Å². The first kappa shape index (κ1) is 13.4. The lowest BCUT2D eigenvalue weighted by Crippen LogP contribution is -2.50. The van der Waals surface area contributed by atoms with Crippen LogP contribution in [0.5, 0.6) is 0 Å². The first-order valence-corrected chi connectivity index (χ1v) is 7.48. The Hall–Kier alpha value is -1.55. The molecule has 4 heteroatoms. The van der Waals surface area contributed by atoms with Crippen LogP contribution in [0.1, 0.15) is 31.2 Å². The molecular formula is C16H22N2O2. The molecule has 2 saturated heterocycles. The number of carbonyl (C=O) groups is 1. The van der Waals surface area contributed by atoms with E-state index in [2.05, 4.69) is 5.32 Å². The molecule has 108 valence electrons. The van der Waals surface area contributed by atoms with Crippen LogP contribution in [-0.4, -0.2) is 36.2 Å². The molecule has 0 saturated carbocycles. The van der Waals surface area contributed by atoms with Crippen molar-refractivity contribution in [2.45, 2.75) is 37.8 Å². The van der Waals surface area contributed by atoms with Crippen molar-refractivity contribution in [3.63, 3.8) is 0 Å². The minimum atomic E-state index is -0.182. The summed E-state index contributed by atoms with van der Waals surface area (Å²) in [4.78, 5) is 14.0. The molecule has 0 bridgehead atoms. The molecule has 2 fully saturated rings. The molecule has 4 nitrogen and oxygen atoms in total. The lowest BCUT2D eigenvalue weighted by Gasteiger charge is -2.34. The monoisotopic (exact) mass is 274 g/mol. The maximum Gasteiger partial charge on any atom is 0.410 e. The summed E-state index contributed by atoms with van der Waals surface area (Å²) < 4.78 is 5.41. The Balaban J connectivity index is 1.51. The van der Waals surface area contributed by atoms with E-state index in [0.29, 0.717) is 6.61 Å². The summed E-state index contributed by atoms with van der Waals surface area (Å²) in [5.74, 6) is 0. The Morgan fingerprint density at radius 3 is 2.85 bits per heavy atom. The number of rotatable bonds is 2. The molecule has 20 heavy (non-hydrogen) atoms. The highest BCUT2D eigenvalue weighted by Crippen LogP contribution is 2.29. The van der Waals surface area contributed by atoms with Gasteiger partial charge in [0, 0.05) is 18.6 Å². The van der Waals surface area contributed by atoms with E-state index in [9.17, 15) is 4.79 Å². The van der Waals surface area contributed by atoms with Crippen LogP contribution in [0.2, 0.25) is 0 Å². The lowest BCUT2D eigenvalue weighted by atomic mass is 9.88. The van der Waals surface area contributed by atoms with Crippen molar-refractivity contribution in [3.05, 3.63) is 35.9 Å². The Morgan fingerprint density at radius 2 is 2.10 bits per heavy atom. The third-order valence-electron chi connectivity index (χ3n) is 4.40. The fraction of sp³-hybridized carbons (Fsp3) is 0.562. The second-order valence-electron chi connectivity index (χ2n) is 5.88. The summed E-state index contributed by atoms with van der Waals surface area (Å²) in [6, 6.07) is 9.83. The molecule has 1 aromatic rings. The highest BCUT2D eigenvalue weighted by atomic mass is 16.6. The van der Waals surface area contributed by atoms with Crippen LogP contribution in [0.25, 0.3) is 0 Å². The topological polar surface area (TPSA) is 41.6 Å². The molecule has 1 atom stereocenters. The molecule has 0 aliphatic carbocycles. The van der Waals surface area contributed by atoms with E-state index in [0.717, 1.165) is 31.6 Å². The van der Waals surface area contributed by atoms with Gasteiger partial charge in [0.2, 0.25) is 0 Å². The third kappa shape index (κ3) is 2.96. The number of ether oxygens (including phenoxy) is 1. The highest BCUT2D eigenvalue weighted by molar-refractivity contribution is 5.68. The van der Waals surface area contributed by atoms with Crippen LogP contribution in [0.15, 0.2) is 30.3 Å². The number of piperidine rings is 1. The standard InChI is InChI=1S/C16H22N2O2/c19-15(20-12-14-6-2-1-3-7-14)18-11-9-16(13-18)8-4-5-10-17-16/h1-3,6-7,17H,4-5,8-13H2. The molecule has 0 radical (unpaired) electrons. The van der Waals surface area contributed by atoms with E-state index < -0.39 is 0 Å². The van der Waals surface area contributed by atoms with Gasteiger partial charge in [0.25, 0.3) is 0 Å². The average Bonchev–Trinajstić information content (AvgIpc) is 2.90. The Morgan fingerprint density at radius 1 is 1.25 bits per heavy atom. The number of likely N-dealkylation sites (tertiary alicyclic amines) is 1. The molecule has 2 aliphatic rings. The number of hydrogen-bond acceptors (Lipinski definition) is 3. The van der Waals surface area contributed by atoms with Crippen molar-refractivity contribution in [1.29, 1.82) is 0 Å². The van der Waals surface area contributed by atoms with E-state index >= 15 is 0 Å². The first-order valence-electron chi connectivity index (χ1n) is 7.48. The molecule has 1 unspecified atom stereocenters. The maximum absolute atomic E-state index is 12.1. The minimum absolute atomic E-state index is 0.157. The Bertz CT molecular complexity index is 455. The number of nitrogens with zero attached hydrogens (tertiary/aromatic N) is 1. The molecule has 0 aromatic heterocycles. The molecule has 2 heterocycles. The van der Waals surface area contributed by atoms with Gasteiger partial charge in [-0.3, -0.25) is 0 Å². The van der Waals surface area contributed by atoms with Crippen LogP contribution in [0.3, 0.4) is 0 Å². The van der Waals surface area contributed by atoms with Gasteiger partial charge in [-0.1, -0.05) is 36.8 Å². The first-order chi connectivity index (χ1) is 9.77. The smallest absolute Gasteiger partial charge is 0.410 e. The lowest BCUT2D eigenvalue weighted by molar-refractivity contribution is 0.1000. The van der Waals surface area contributed by atoms with Crippen molar-refractivity contribution in [2.75, 3.05) is 19.6 Å². The number of hydrogen-bond donors (Lipinski definition) is 1. The van der Waals surface area contributed by atoms with Crippen LogP contribution >= 0.6 is 0 Å². The molecule has 1 amide bonds. The molecule has 1 spiro atoms. The summed E-state index contributed by atoms with van der Waals surface area (Å²) in [6.45, 7) is 3.03. The summed E-state index contributed by atoms with van der Waals surface area (Å²) in [5, 5.41) is 3.60. The molecule has 2 aliphatic heterocycles. The van der Waals surface area contributed by atoms with Crippen LogP contribution in [0.4, 0.5) is 4.79 Å². The maximum atomic E-state index is 12.1. The predicted octanol–water partition coefficient (Wildman–Crippen LogP) is 2.54. The van der Waals surface area contributed by atoms with E-state index in [1.165, 1.54) is 19.3 Å². The molecule has 3 rings (SSSR count). The van der Waals surface area contributed by atoms with Gasteiger partial charge in [-0.25, -0.2) is 4.79 Å². The summed E-state index contributed by atoms with van der Waals surface area (Å²) in [7, 11) is 0. The van der Waals surface area contributed by atoms with Gasteiger partial charge < -0.3 is 15.0 Å². The van der Waals surface area contributed by atoms with E-state index in [-0.39, 0.29) is 11.6 Å². The van der Waals surface area contributed by atoms with E-state index in [1.807, 2.05) is 35.2 Å². The van der Waals surface area contributed by atoms with Crippen LogP contribution in [0, 0.1) is 0 Å². The van der Waals surface area contributed by atoms with E-state index in [4.69, 9.17) is 4.74 Å². The highest BCUT2D eigenvalue weighted by Gasteiger charge is 2.40. The number of carbonyl (C=O) groups excluding carboxylic acids is 1. The van der Waals surface area contributed by atoms with E-state index in [1.54, 1.807) is 0 Å². The van der Waals surface area contributed by atoms with Gasteiger partial charge in [-0.05, 0) is 31.4 Å². The van der Waals surface area contributed by atoms with Crippen molar-refractivity contribution in [1.82, 2.24) is 10.2 Å². The number of nitrogens with one attached hydrogen (secondary N) is 1. The third-order valence-corrected chi connectivity index (χ3v) is 4.40. The van der Waals surface area contributed by atoms with Gasteiger partial charge in [-0.15, -0.1) is 0 Å². The van der Waals surface area contributed by atoms with Crippen molar-refractivity contribution < 1.29 is 9.53 Å². The van der Waals surface area contributed by atoms with Gasteiger partial charge >= 0.3 is 6.09 Å². The second-order valence-corrected chi connectivity index (χ2v) is 5.88. The zero-order valence-corrected chi connectivity index (χ0v) is 11.8. The number of benzene rings is 1. The van der Waals surface area contributed by atoms with Crippen molar-refractivity contribution in [2.24, 2.45) is 0 Å². The van der Waals surface area contributed by atoms with Gasteiger partial charge in [0.1, 0.15) is 6.61 Å². The molecule has 1 aromatic carbocycles. The van der Waals surface area contributed by atoms with Gasteiger partial charge in [0.15, 0.2) is 0 Å². The largest absolute Gasteiger partial charge is 0.445 e. The minimum Gasteiger partial charge on any atom is -0.445 e. The Kier molecular flexibility index (Phi) is 3.92. The van der Waals surface area contributed by atoms with Crippen molar-refractivity contribution >= 4 is 6.09 Å². The van der Waals surface area contributed by atoms with Crippen LogP contribution < -0.4 is 5.32 Å². The zero-order valence-electron chi connectivity index (χ0n) is 11.8. The fourth-order valence-corrected chi connectivity index (χ4v) is 3.22. The molecular weight excluding hydrogens is 252 g/mol. The normalized spacial score (nSPS) is 25.9. The van der Waals surface area contributed by atoms with Gasteiger partial charge in [-0.2, -0.15) is 0 Å². The summed E-state index contributed by atoms with van der Waals surface area (Å²) in [6.07, 6.45) is 4.56.